The molecule has 0 aromatic carbocycles. The van der Waals surface area contributed by atoms with Crippen LogP contribution in [0.4, 0.5) is 4.79 Å². The highest BCUT2D eigenvalue weighted by Gasteiger charge is 2.28. The molecule has 0 saturated heterocycles. The summed E-state index contributed by atoms with van der Waals surface area (Å²) in [5.41, 5.74) is 0. The molecule has 1 rings (SSSR count). The number of carboxylic acids is 2. The van der Waals surface area contributed by atoms with Gasteiger partial charge in [-0.25, -0.2) is 9.59 Å². The summed E-state index contributed by atoms with van der Waals surface area (Å²) in [6.07, 6.45) is 2.25. The summed E-state index contributed by atoms with van der Waals surface area (Å²) in [6, 6.07) is -2.03. The molecule has 2 amide bonds. The van der Waals surface area contributed by atoms with Crippen LogP contribution in [0.5, 0.6) is 0 Å². The van der Waals surface area contributed by atoms with Gasteiger partial charge in [0.1, 0.15) is 6.04 Å². The van der Waals surface area contributed by atoms with Crippen LogP contribution in [0.25, 0.3) is 0 Å². The first kappa shape index (κ1) is 16.3. The lowest BCUT2D eigenvalue weighted by Gasteiger charge is -2.33. The van der Waals surface area contributed by atoms with Crippen LogP contribution in [0.1, 0.15) is 39.5 Å². The number of nitrogens with one attached hydrogen (secondary N) is 2. The van der Waals surface area contributed by atoms with E-state index in [0.29, 0.717) is 11.8 Å². The van der Waals surface area contributed by atoms with Gasteiger partial charge in [-0.15, -0.1) is 0 Å². The maximum atomic E-state index is 11.8. The minimum absolute atomic E-state index is 0.00507. The number of hydrogen-bond acceptors (Lipinski definition) is 3. The van der Waals surface area contributed by atoms with E-state index in [1.54, 1.807) is 0 Å². The van der Waals surface area contributed by atoms with Gasteiger partial charge >= 0.3 is 18.0 Å². The largest absolute Gasteiger partial charge is 0.481 e. The lowest BCUT2D eigenvalue weighted by atomic mass is 9.80. The van der Waals surface area contributed by atoms with E-state index in [1.807, 2.05) is 6.92 Å². The van der Waals surface area contributed by atoms with Crippen molar-refractivity contribution < 1.29 is 24.6 Å². The highest BCUT2D eigenvalue weighted by molar-refractivity contribution is 5.86. The van der Waals surface area contributed by atoms with Crippen molar-refractivity contribution in [3.05, 3.63) is 0 Å². The number of aliphatic carboxylic acids is 2. The van der Waals surface area contributed by atoms with Gasteiger partial charge in [0.25, 0.3) is 0 Å². The van der Waals surface area contributed by atoms with Crippen molar-refractivity contribution in [3.63, 3.8) is 0 Å². The molecule has 1 aliphatic rings. The predicted octanol–water partition coefficient (Wildman–Crippen LogP) is 1.04. The van der Waals surface area contributed by atoms with Gasteiger partial charge in [0.05, 0.1) is 6.42 Å². The molecule has 7 nitrogen and oxygen atoms in total. The predicted molar refractivity (Wildman–Crippen MR) is 71.3 cm³/mol. The average Bonchev–Trinajstić information content (AvgIpc) is 2.31. The third kappa shape index (κ3) is 5.07. The second-order valence-corrected chi connectivity index (χ2v) is 5.61. The topological polar surface area (TPSA) is 116 Å². The summed E-state index contributed by atoms with van der Waals surface area (Å²) in [6.45, 7) is 4.21. The van der Waals surface area contributed by atoms with E-state index in [4.69, 9.17) is 10.2 Å². The van der Waals surface area contributed by atoms with Crippen molar-refractivity contribution in [1.29, 1.82) is 0 Å². The Hall–Kier alpha value is -1.79. The third-order valence-electron chi connectivity index (χ3n) is 3.73. The van der Waals surface area contributed by atoms with Gasteiger partial charge < -0.3 is 20.8 Å². The van der Waals surface area contributed by atoms with E-state index in [9.17, 15) is 14.4 Å². The van der Waals surface area contributed by atoms with Gasteiger partial charge in [-0.3, -0.25) is 4.79 Å². The summed E-state index contributed by atoms with van der Waals surface area (Å²) in [7, 11) is 0. The van der Waals surface area contributed by atoms with Crippen molar-refractivity contribution in [2.45, 2.75) is 51.6 Å². The fourth-order valence-electron chi connectivity index (χ4n) is 2.62. The Morgan fingerprint density at radius 3 is 2.35 bits per heavy atom. The molecule has 1 fully saturated rings. The Bertz CT molecular complexity index is 385. The molecule has 0 radical (unpaired) electrons. The number of hydrogen-bond donors (Lipinski definition) is 4. The Morgan fingerprint density at radius 1 is 1.20 bits per heavy atom. The lowest BCUT2D eigenvalue weighted by molar-refractivity contribution is -0.145. The van der Waals surface area contributed by atoms with E-state index in [1.165, 1.54) is 0 Å². The second-order valence-electron chi connectivity index (χ2n) is 5.61. The number of amides is 2. The maximum Gasteiger partial charge on any atom is 0.326 e. The quantitative estimate of drug-likeness (QED) is 0.602. The minimum Gasteiger partial charge on any atom is -0.481 e. The molecule has 4 atom stereocenters. The first-order valence-corrected chi connectivity index (χ1v) is 6.81. The van der Waals surface area contributed by atoms with Crippen LogP contribution in [0.15, 0.2) is 0 Å². The van der Waals surface area contributed by atoms with Crippen LogP contribution in [-0.4, -0.2) is 40.3 Å². The van der Waals surface area contributed by atoms with Crippen molar-refractivity contribution in [2.24, 2.45) is 11.8 Å². The van der Waals surface area contributed by atoms with Crippen molar-refractivity contribution in [1.82, 2.24) is 10.6 Å². The average molecular weight is 286 g/mol. The molecule has 0 aliphatic heterocycles. The molecule has 0 aromatic rings. The standard InChI is InChI=1S/C13H22N2O5/c1-7-3-4-9(8(2)5-7)14-13(20)15-10(12(18)19)6-11(16)17/h7-10H,3-6H2,1-2H3,(H,16,17)(H,18,19)(H2,14,15,20)/t7?,8?,9?,10-/m0/s1. The van der Waals surface area contributed by atoms with Crippen LogP contribution in [0.2, 0.25) is 0 Å². The molecular formula is C13H22N2O5. The molecule has 20 heavy (non-hydrogen) atoms. The molecule has 114 valence electrons. The Labute approximate surface area is 117 Å². The number of urea groups is 1. The number of carboxylic acid groups (broad SMARTS) is 2. The van der Waals surface area contributed by atoms with E-state index >= 15 is 0 Å². The molecule has 7 heteroatoms. The van der Waals surface area contributed by atoms with Crippen LogP contribution in [0, 0.1) is 11.8 Å². The van der Waals surface area contributed by atoms with Crippen LogP contribution in [0.3, 0.4) is 0 Å². The normalized spacial score (nSPS) is 27.4. The highest BCUT2D eigenvalue weighted by Crippen LogP contribution is 2.28. The highest BCUT2D eigenvalue weighted by atomic mass is 16.4. The first-order chi connectivity index (χ1) is 9.29. The van der Waals surface area contributed by atoms with Crippen molar-refractivity contribution >= 4 is 18.0 Å². The molecule has 0 spiro atoms. The molecule has 1 aliphatic carbocycles. The molecule has 0 aromatic heterocycles. The lowest BCUT2D eigenvalue weighted by Crippen LogP contribution is -2.52. The zero-order valence-electron chi connectivity index (χ0n) is 11.8. The molecule has 0 heterocycles. The number of carbonyl (C=O) groups is 3. The van der Waals surface area contributed by atoms with Gasteiger partial charge in [-0.2, -0.15) is 0 Å². The molecule has 3 unspecified atom stereocenters. The molecule has 1 saturated carbocycles. The van der Waals surface area contributed by atoms with Crippen LogP contribution < -0.4 is 10.6 Å². The monoisotopic (exact) mass is 286 g/mol. The minimum atomic E-state index is -1.41. The van der Waals surface area contributed by atoms with Gasteiger partial charge in [0.2, 0.25) is 0 Å². The Balaban J connectivity index is 2.49. The fourth-order valence-corrected chi connectivity index (χ4v) is 2.62. The van der Waals surface area contributed by atoms with E-state index in [0.717, 1.165) is 19.3 Å². The molecule has 0 bridgehead atoms. The summed E-state index contributed by atoms with van der Waals surface area (Å²) >= 11 is 0. The van der Waals surface area contributed by atoms with E-state index in [2.05, 4.69) is 17.6 Å². The zero-order chi connectivity index (χ0) is 15.3. The summed E-state index contributed by atoms with van der Waals surface area (Å²) in [4.78, 5) is 33.2. The Morgan fingerprint density at radius 2 is 1.85 bits per heavy atom. The summed E-state index contributed by atoms with van der Waals surface area (Å²) in [5.74, 6) is -1.66. The van der Waals surface area contributed by atoms with Gasteiger partial charge in [0, 0.05) is 6.04 Å². The van der Waals surface area contributed by atoms with Gasteiger partial charge in [0.15, 0.2) is 0 Å². The smallest absolute Gasteiger partial charge is 0.326 e. The third-order valence-corrected chi connectivity index (χ3v) is 3.73. The second kappa shape index (κ2) is 7.12. The molecular weight excluding hydrogens is 264 g/mol. The summed E-state index contributed by atoms with van der Waals surface area (Å²) < 4.78 is 0. The first-order valence-electron chi connectivity index (χ1n) is 6.81. The molecule has 4 N–H and O–H groups in total. The van der Waals surface area contributed by atoms with Crippen LogP contribution >= 0.6 is 0 Å². The summed E-state index contributed by atoms with van der Waals surface area (Å²) in [5, 5.41) is 22.4. The van der Waals surface area contributed by atoms with E-state index in [-0.39, 0.29) is 6.04 Å². The van der Waals surface area contributed by atoms with Gasteiger partial charge in [-0.05, 0) is 31.1 Å². The SMILES string of the molecule is CC1CCC(NC(=O)N[C@@H](CC(=O)O)C(=O)O)C(C)C1. The fraction of sp³-hybridized carbons (Fsp3) is 0.769. The number of carbonyl (C=O) groups excluding carboxylic acids is 1. The Kier molecular flexibility index (Phi) is 5.79. The van der Waals surface area contributed by atoms with Crippen LogP contribution in [-0.2, 0) is 9.59 Å². The number of rotatable bonds is 5. The maximum absolute atomic E-state index is 11.8. The van der Waals surface area contributed by atoms with Gasteiger partial charge in [-0.1, -0.05) is 13.8 Å². The van der Waals surface area contributed by atoms with Crippen molar-refractivity contribution in [3.8, 4) is 0 Å². The van der Waals surface area contributed by atoms with Crippen molar-refractivity contribution in [2.75, 3.05) is 0 Å². The zero-order valence-corrected chi connectivity index (χ0v) is 11.8. The van der Waals surface area contributed by atoms with E-state index < -0.39 is 30.4 Å².